The first-order valence-electron chi connectivity index (χ1n) is 5.66. The number of hydrogen-bond donors (Lipinski definition) is 2. The molecule has 0 spiro atoms. The third-order valence-corrected chi connectivity index (χ3v) is 2.43. The molecular formula is C14H15NO3. The summed E-state index contributed by atoms with van der Waals surface area (Å²) in [7, 11) is 0. The first-order valence-corrected chi connectivity index (χ1v) is 5.66. The minimum absolute atomic E-state index is 0.0601. The third-order valence-electron chi connectivity index (χ3n) is 2.43. The van der Waals surface area contributed by atoms with Gasteiger partial charge in [0.15, 0.2) is 0 Å². The second-order valence-corrected chi connectivity index (χ2v) is 3.81. The van der Waals surface area contributed by atoms with Gasteiger partial charge in [0, 0.05) is 19.4 Å². The van der Waals surface area contributed by atoms with Crippen LogP contribution >= 0.6 is 0 Å². The second-order valence-electron chi connectivity index (χ2n) is 3.81. The number of aromatic carboxylic acids is 1. The van der Waals surface area contributed by atoms with Crippen LogP contribution in [0.15, 0.2) is 24.3 Å². The SMILES string of the molecule is C#CCCC(=O)NCCc1ccc(C(=O)O)cc1. The average Bonchev–Trinajstić information content (AvgIpc) is 2.37. The smallest absolute Gasteiger partial charge is 0.335 e. The Kier molecular flexibility index (Phi) is 5.46. The van der Waals surface area contributed by atoms with Crippen LogP contribution in [0.5, 0.6) is 0 Å². The van der Waals surface area contributed by atoms with Crippen molar-refractivity contribution < 1.29 is 14.7 Å². The number of carboxylic acid groups (broad SMARTS) is 1. The number of amides is 1. The summed E-state index contributed by atoms with van der Waals surface area (Å²) in [6.45, 7) is 0.524. The molecule has 0 atom stereocenters. The lowest BCUT2D eigenvalue weighted by atomic mass is 10.1. The van der Waals surface area contributed by atoms with Gasteiger partial charge in [-0.2, -0.15) is 0 Å². The number of rotatable bonds is 6. The van der Waals surface area contributed by atoms with Crippen LogP contribution in [-0.4, -0.2) is 23.5 Å². The molecule has 0 unspecified atom stereocenters. The van der Waals surface area contributed by atoms with Crippen LogP contribution in [0.1, 0.15) is 28.8 Å². The van der Waals surface area contributed by atoms with E-state index in [9.17, 15) is 9.59 Å². The van der Waals surface area contributed by atoms with E-state index < -0.39 is 5.97 Å². The molecule has 0 fully saturated rings. The van der Waals surface area contributed by atoms with E-state index in [0.717, 1.165) is 5.56 Å². The van der Waals surface area contributed by atoms with Crippen molar-refractivity contribution in [3.05, 3.63) is 35.4 Å². The molecular weight excluding hydrogens is 230 g/mol. The molecule has 4 heteroatoms. The zero-order valence-electron chi connectivity index (χ0n) is 9.98. The summed E-state index contributed by atoms with van der Waals surface area (Å²) in [6.07, 6.45) is 6.51. The molecule has 0 heterocycles. The lowest BCUT2D eigenvalue weighted by Crippen LogP contribution is -2.25. The number of carbonyl (C=O) groups is 2. The average molecular weight is 245 g/mol. The highest BCUT2D eigenvalue weighted by Gasteiger charge is 2.02. The van der Waals surface area contributed by atoms with Gasteiger partial charge in [0.25, 0.3) is 0 Å². The van der Waals surface area contributed by atoms with Crippen LogP contribution < -0.4 is 5.32 Å². The van der Waals surface area contributed by atoms with E-state index in [1.165, 1.54) is 0 Å². The molecule has 0 bridgehead atoms. The van der Waals surface area contributed by atoms with Gasteiger partial charge < -0.3 is 10.4 Å². The summed E-state index contributed by atoms with van der Waals surface area (Å²) in [6, 6.07) is 6.60. The first kappa shape index (κ1) is 13.8. The number of benzene rings is 1. The fourth-order valence-electron chi connectivity index (χ4n) is 1.43. The fraction of sp³-hybridized carbons (Fsp3) is 0.286. The summed E-state index contributed by atoms with van der Waals surface area (Å²) < 4.78 is 0. The molecule has 1 aromatic rings. The quantitative estimate of drug-likeness (QED) is 0.745. The molecule has 0 aliphatic heterocycles. The standard InChI is InChI=1S/C14H15NO3/c1-2-3-4-13(16)15-10-9-11-5-7-12(8-6-11)14(17)18/h1,5-8H,3-4,9-10H2,(H,15,16)(H,17,18). The van der Waals surface area contributed by atoms with Crippen molar-refractivity contribution in [2.75, 3.05) is 6.54 Å². The Bertz CT molecular complexity index is 457. The van der Waals surface area contributed by atoms with Crippen molar-refractivity contribution in [2.45, 2.75) is 19.3 Å². The Labute approximate surface area is 106 Å². The van der Waals surface area contributed by atoms with Gasteiger partial charge in [-0.25, -0.2) is 4.79 Å². The summed E-state index contributed by atoms with van der Waals surface area (Å²) in [5.41, 5.74) is 1.24. The number of hydrogen-bond acceptors (Lipinski definition) is 2. The van der Waals surface area contributed by atoms with Gasteiger partial charge in [-0.15, -0.1) is 12.3 Å². The van der Waals surface area contributed by atoms with Gasteiger partial charge >= 0.3 is 5.97 Å². The van der Waals surface area contributed by atoms with E-state index >= 15 is 0 Å². The topological polar surface area (TPSA) is 66.4 Å². The van der Waals surface area contributed by atoms with E-state index in [1.54, 1.807) is 24.3 Å². The molecule has 0 radical (unpaired) electrons. The lowest BCUT2D eigenvalue weighted by Gasteiger charge is -2.04. The van der Waals surface area contributed by atoms with Crippen LogP contribution in [0.4, 0.5) is 0 Å². The molecule has 94 valence electrons. The van der Waals surface area contributed by atoms with Gasteiger partial charge in [0.1, 0.15) is 0 Å². The highest BCUT2D eigenvalue weighted by Crippen LogP contribution is 2.04. The molecule has 1 amide bonds. The van der Waals surface area contributed by atoms with Crippen LogP contribution in [0.3, 0.4) is 0 Å². The maximum absolute atomic E-state index is 11.3. The molecule has 2 N–H and O–H groups in total. The van der Waals surface area contributed by atoms with E-state index in [2.05, 4.69) is 11.2 Å². The number of terminal acetylenes is 1. The fourth-order valence-corrected chi connectivity index (χ4v) is 1.43. The molecule has 1 aromatic carbocycles. The number of carbonyl (C=O) groups excluding carboxylic acids is 1. The highest BCUT2D eigenvalue weighted by molar-refractivity contribution is 5.87. The normalized spacial score (nSPS) is 9.50. The first-order chi connectivity index (χ1) is 8.63. The van der Waals surface area contributed by atoms with Gasteiger partial charge in [0.05, 0.1) is 5.56 Å². The summed E-state index contributed by atoms with van der Waals surface area (Å²) in [5.74, 6) is 1.41. The Morgan fingerprint density at radius 2 is 1.94 bits per heavy atom. The summed E-state index contributed by atoms with van der Waals surface area (Å²) in [5, 5.41) is 11.5. The highest BCUT2D eigenvalue weighted by atomic mass is 16.4. The third kappa shape index (κ3) is 4.71. The van der Waals surface area contributed by atoms with Crippen molar-refractivity contribution >= 4 is 11.9 Å². The van der Waals surface area contributed by atoms with Crippen molar-refractivity contribution in [1.82, 2.24) is 5.32 Å². The molecule has 18 heavy (non-hydrogen) atoms. The Balaban J connectivity index is 2.34. The molecule has 0 saturated heterocycles. The second kappa shape index (κ2) is 7.13. The Morgan fingerprint density at radius 1 is 1.28 bits per heavy atom. The molecule has 1 rings (SSSR count). The zero-order chi connectivity index (χ0) is 13.4. The van der Waals surface area contributed by atoms with Crippen molar-refractivity contribution in [3.8, 4) is 12.3 Å². The molecule has 0 aliphatic rings. The van der Waals surface area contributed by atoms with Crippen LogP contribution in [-0.2, 0) is 11.2 Å². The minimum atomic E-state index is -0.941. The Morgan fingerprint density at radius 3 is 2.50 bits per heavy atom. The summed E-state index contributed by atoms with van der Waals surface area (Å²) in [4.78, 5) is 21.9. The number of nitrogens with one attached hydrogen (secondary N) is 1. The monoisotopic (exact) mass is 245 g/mol. The lowest BCUT2D eigenvalue weighted by molar-refractivity contribution is -0.120. The zero-order valence-corrected chi connectivity index (χ0v) is 9.98. The summed E-state index contributed by atoms with van der Waals surface area (Å²) >= 11 is 0. The van der Waals surface area contributed by atoms with Gasteiger partial charge in [0.2, 0.25) is 5.91 Å². The molecule has 0 aromatic heterocycles. The molecule has 0 aliphatic carbocycles. The maximum Gasteiger partial charge on any atom is 0.335 e. The predicted molar refractivity (Wildman–Crippen MR) is 68.2 cm³/mol. The van der Waals surface area contributed by atoms with E-state index in [1.807, 2.05) is 0 Å². The number of carboxylic acids is 1. The van der Waals surface area contributed by atoms with Gasteiger partial charge in [-0.1, -0.05) is 12.1 Å². The van der Waals surface area contributed by atoms with E-state index in [-0.39, 0.29) is 11.5 Å². The van der Waals surface area contributed by atoms with E-state index in [4.69, 9.17) is 11.5 Å². The van der Waals surface area contributed by atoms with Crippen molar-refractivity contribution in [2.24, 2.45) is 0 Å². The van der Waals surface area contributed by atoms with Crippen molar-refractivity contribution in [3.63, 3.8) is 0 Å². The Hall–Kier alpha value is -2.28. The largest absolute Gasteiger partial charge is 0.478 e. The van der Waals surface area contributed by atoms with Crippen LogP contribution in [0, 0.1) is 12.3 Å². The van der Waals surface area contributed by atoms with Crippen LogP contribution in [0.2, 0.25) is 0 Å². The van der Waals surface area contributed by atoms with E-state index in [0.29, 0.717) is 25.8 Å². The maximum atomic E-state index is 11.3. The van der Waals surface area contributed by atoms with Gasteiger partial charge in [-0.3, -0.25) is 4.79 Å². The molecule has 4 nitrogen and oxygen atoms in total. The minimum Gasteiger partial charge on any atom is -0.478 e. The molecule has 0 saturated carbocycles. The predicted octanol–water partition coefficient (Wildman–Crippen LogP) is 1.46. The van der Waals surface area contributed by atoms with Gasteiger partial charge in [-0.05, 0) is 24.1 Å². The van der Waals surface area contributed by atoms with Crippen LogP contribution in [0.25, 0.3) is 0 Å². The van der Waals surface area contributed by atoms with Crippen molar-refractivity contribution in [1.29, 1.82) is 0 Å².